The number of carbonyl (C=O) groups is 2. The molecule has 0 spiro atoms. The Kier molecular flexibility index (Phi) is 75.8. The number of nitrogens with one attached hydrogen (secondary N) is 1. The molecular weight excluding hydrogens is 1070 g/mol. The summed E-state index contributed by atoms with van der Waals surface area (Å²) in [4.78, 5) is 24.6. The van der Waals surface area contributed by atoms with Crippen LogP contribution in [0.15, 0.2) is 12.2 Å². The fourth-order valence-electron chi connectivity index (χ4n) is 13.2. The summed E-state index contributed by atoms with van der Waals surface area (Å²) >= 11 is 0. The Morgan fingerprint density at radius 3 is 0.782 bits per heavy atom. The van der Waals surface area contributed by atoms with Gasteiger partial charge in [-0.05, 0) is 32.1 Å². The Labute approximate surface area is 546 Å². The Balaban J connectivity index is 3.27. The molecule has 3 N–H and O–H groups in total. The molecule has 6 nitrogen and oxygen atoms in total. The number of esters is 1. The van der Waals surface area contributed by atoms with Crippen molar-refractivity contribution < 1.29 is 24.5 Å². The molecular formula is C81H159NO5. The van der Waals surface area contributed by atoms with Crippen LogP contribution in [0.5, 0.6) is 0 Å². The zero-order chi connectivity index (χ0) is 62.8. The van der Waals surface area contributed by atoms with Crippen molar-refractivity contribution in [2.75, 3.05) is 13.2 Å². The van der Waals surface area contributed by atoms with Crippen LogP contribution in [0.2, 0.25) is 0 Å². The van der Waals surface area contributed by atoms with E-state index in [0.29, 0.717) is 19.4 Å². The second kappa shape index (κ2) is 77.1. The van der Waals surface area contributed by atoms with E-state index in [9.17, 15) is 19.8 Å². The minimum atomic E-state index is -0.839. The Hall–Kier alpha value is -1.40. The van der Waals surface area contributed by atoms with E-state index < -0.39 is 12.1 Å². The molecule has 0 bridgehead atoms. The summed E-state index contributed by atoms with van der Waals surface area (Å²) in [6.07, 6.45) is 97.9. The summed E-state index contributed by atoms with van der Waals surface area (Å²) in [6.45, 7) is 4.95. The van der Waals surface area contributed by atoms with Crippen LogP contribution >= 0.6 is 0 Å². The summed E-state index contributed by atoms with van der Waals surface area (Å²) in [5.41, 5.74) is 0. The van der Waals surface area contributed by atoms with E-state index in [0.717, 1.165) is 38.5 Å². The van der Waals surface area contributed by atoms with Crippen molar-refractivity contribution in [2.45, 2.75) is 482 Å². The zero-order valence-electron chi connectivity index (χ0n) is 59.5. The molecule has 0 heterocycles. The average Bonchev–Trinajstić information content (AvgIpc) is 3.53. The van der Waals surface area contributed by atoms with Crippen LogP contribution < -0.4 is 5.32 Å². The van der Waals surface area contributed by atoms with Crippen LogP contribution in [0.3, 0.4) is 0 Å². The maximum Gasteiger partial charge on any atom is 0.305 e. The van der Waals surface area contributed by atoms with E-state index in [1.165, 1.54) is 405 Å². The standard InChI is InChI=1S/C81H159NO5/c1-3-5-7-9-11-13-15-17-18-19-44-47-51-55-59-63-67-71-75-81(86)87-76-72-68-64-60-56-52-48-45-42-40-38-36-34-32-30-28-26-24-22-20-21-23-25-27-29-31-33-35-37-39-41-43-46-50-54-58-62-66-70-74-80(85)82-78(77-83)79(84)73-69-65-61-57-53-49-16-14-12-10-8-6-4-2/h69,73,78-79,83-84H,3-68,70-72,74-77H2,1-2H3,(H,82,85)/b73-69+. The van der Waals surface area contributed by atoms with E-state index in [4.69, 9.17) is 4.74 Å². The van der Waals surface area contributed by atoms with Crippen molar-refractivity contribution in [3.8, 4) is 0 Å². The van der Waals surface area contributed by atoms with E-state index in [1.54, 1.807) is 6.08 Å². The number of carbonyl (C=O) groups excluding carboxylic acids is 2. The number of amides is 1. The molecule has 0 aromatic heterocycles. The Bertz CT molecular complexity index is 1320. The number of aliphatic hydroxyl groups is 2. The predicted molar refractivity (Wildman–Crippen MR) is 384 cm³/mol. The van der Waals surface area contributed by atoms with Crippen LogP contribution in [0.25, 0.3) is 0 Å². The second-order valence-corrected chi connectivity index (χ2v) is 28.1. The van der Waals surface area contributed by atoms with Crippen molar-refractivity contribution in [3.63, 3.8) is 0 Å². The van der Waals surface area contributed by atoms with E-state index in [-0.39, 0.29) is 18.5 Å². The quantitative estimate of drug-likeness (QED) is 0.0320. The fraction of sp³-hybridized carbons (Fsp3) is 0.951. The number of unbranched alkanes of at least 4 members (excludes halogenated alkanes) is 66. The highest BCUT2D eigenvalue weighted by Crippen LogP contribution is 2.21. The molecule has 2 unspecified atom stereocenters. The number of aliphatic hydroxyl groups excluding tert-OH is 2. The highest BCUT2D eigenvalue weighted by Gasteiger charge is 2.18. The van der Waals surface area contributed by atoms with Crippen molar-refractivity contribution in [1.29, 1.82) is 0 Å². The number of hydrogen-bond acceptors (Lipinski definition) is 5. The van der Waals surface area contributed by atoms with Gasteiger partial charge in [0.15, 0.2) is 0 Å². The lowest BCUT2D eigenvalue weighted by atomic mass is 10.0. The van der Waals surface area contributed by atoms with Crippen molar-refractivity contribution >= 4 is 11.9 Å². The lowest BCUT2D eigenvalue weighted by molar-refractivity contribution is -0.143. The number of hydrogen-bond donors (Lipinski definition) is 3. The molecule has 1 amide bonds. The van der Waals surface area contributed by atoms with Gasteiger partial charge in [-0.25, -0.2) is 0 Å². The highest BCUT2D eigenvalue weighted by molar-refractivity contribution is 5.76. The van der Waals surface area contributed by atoms with Crippen LogP contribution in [0, 0.1) is 0 Å². The molecule has 2 atom stereocenters. The van der Waals surface area contributed by atoms with Gasteiger partial charge in [0.2, 0.25) is 5.91 Å². The van der Waals surface area contributed by atoms with Crippen LogP contribution in [0.4, 0.5) is 0 Å². The third-order valence-corrected chi connectivity index (χ3v) is 19.3. The van der Waals surface area contributed by atoms with Gasteiger partial charge >= 0.3 is 5.97 Å². The lowest BCUT2D eigenvalue weighted by Gasteiger charge is -2.20. The molecule has 0 rings (SSSR count). The zero-order valence-corrected chi connectivity index (χ0v) is 59.5. The third kappa shape index (κ3) is 73.5. The Morgan fingerprint density at radius 1 is 0.310 bits per heavy atom. The van der Waals surface area contributed by atoms with Gasteiger partial charge in [0.05, 0.1) is 25.4 Å². The van der Waals surface area contributed by atoms with Gasteiger partial charge in [-0.1, -0.05) is 437 Å². The lowest BCUT2D eigenvalue weighted by Crippen LogP contribution is -2.45. The van der Waals surface area contributed by atoms with Crippen LogP contribution in [-0.4, -0.2) is 47.4 Å². The average molecular weight is 1230 g/mol. The highest BCUT2D eigenvalue weighted by atomic mass is 16.5. The summed E-state index contributed by atoms with van der Waals surface area (Å²) in [6, 6.07) is -0.622. The minimum Gasteiger partial charge on any atom is -0.466 e. The molecule has 6 heteroatoms. The van der Waals surface area contributed by atoms with E-state index in [2.05, 4.69) is 19.2 Å². The number of allylic oxidation sites excluding steroid dienone is 1. The first kappa shape index (κ1) is 85.6. The first-order chi connectivity index (χ1) is 43.0. The molecule has 0 aromatic rings. The second-order valence-electron chi connectivity index (χ2n) is 28.1. The van der Waals surface area contributed by atoms with E-state index >= 15 is 0 Å². The molecule has 0 aromatic carbocycles. The SMILES string of the molecule is CCCCCCCCCCCCC/C=C/C(O)C(CO)NC(=O)CCCCCCCCCCCCCCCCCCCCCCCCCCCCCCCCCCCCCCCCCOC(=O)CCCCCCCCCCCCCCCCCCCC. The maximum atomic E-state index is 12.5. The summed E-state index contributed by atoms with van der Waals surface area (Å²) in [5, 5.41) is 23.1. The van der Waals surface area contributed by atoms with Crippen LogP contribution in [0.1, 0.15) is 470 Å². The summed E-state index contributed by atoms with van der Waals surface area (Å²) in [7, 11) is 0. The number of rotatable bonds is 77. The molecule has 0 saturated carbocycles. The van der Waals surface area contributed by atoms with Gasteiger partial charge in [0.25, 0.3) is 0 Å². The first-order valence-corrected chi connectivity index (χ1v) is 40.5. The van der Waals surface area contributed by atoms with Crippen molar-refractivity contribution in [1.82, 2.24) is 5.32 Å². The van der Waals surface area contributed by atoms with Crippen molar-refractivity contribution in [3.05, 3.63) is 12.2 Å². The molecule has 518 valence electrons. The third-order valence-electron chi connectivity index (χ3n) is 19.3. The minimum absolute atomic E-state index is 0.0295. The molecule has 0 saturated heterocycles. The van der Waals surface area contributed by atoms with Gasteiger partial charge < -0.3 is 20.3 Å². The normalized spacial score (nSPS) is 12.5. The Morgan fingerprint density at radius 2 is 0.529 bits per heavy atom. The molecule has 0 aliphatic heterocycles. The molecule has 87 heavy (non-hydrogen) atoms. The van der Waals surface area contributed by atoms with Gasteiger partial charge in [-0.3, -0.25) is 9.59 Å². The summed E-state index contributed by atoms with van der Waals surface area (Å²) in [5.74, 6) is -0.0299. The monoisotopic (exact) mass is 1230 g/mol. The van der Waals surface area contributed by atoms with Gasteiger partial charge in [0.1, 0.15) is 0 Å². The molecule has 0 fully saturated rings. The van der Waals surface area contributed by atoms with Crippen molar-refractivity contribution in [2.24, 2.45) is 0 Å². The van der Waals surface area contributed by atoms with Gasteiger partial charge in [-0.2, -0.15) is 0 Å². The molecule has 0 aliphatic rings. The van der Waals surface area contributed by atoms with Gasteiger partial charge in [-0.15, -0.1) is 0 Å². The molecule has 0 radical (unpaired) electrons. The first-order valence-electron chi connectivity index (χ1n) is 40.5. The van der Waals surface area contributed by atoms with Gasteiger partial charge in [0, 0.05) is 12.8 Å². The topological polar surface area (TPSA) is 95.9 Å². The van der Waals surface area contributed by atoms with Crippen LogP contribution in [-0.2, 0) is 14.3 Å². The fourth-order valence-corrected chi connectivity index (χ4v) is 13.2. The molecule has 0 aliphatic carbocycles. The predicted octanol–water partition coefficient (Wildman–Crippen LogP) is 26.7. The maximum absolute atomic E-state index is 12.5. The van der Waals surface area contributed by atoms with E-state index in [1.807, 2.05) is 6.08 Å². The summed E-state index contributed by atoms with van der Waals surface area (Å²) < 4.78 is 5.52. The largest absolute Gasteiger partial charge is 0.466 e. The number of ether oxygens (including phenoxy) is 1. The smallest absolute Gasteiger partial charge is 0.305 e.